The molecular weight excluding hydrogens is 246 g/mol. The third-order valence-electron chi connectivity index (χ3n) is 3.52. The molecule has 0 bridgehead atoms. The fourth-order valence-electron chi connectivity index (χ4n) is 1.97. The van der Waals surface area contributed by atoms with Crippen molar-refractivity contribution in [2.75, 3.05) is 0 Å². The number of rotatable bonds is 6. The van der Waals surface area contributed by atoms with Crippen molar-refractivity contribution in [2.24, 2.45) is 5.92 Å². The molecule has 3 heteroatoms. The summed E-state index contributed by atoms with van der Waals surface area (Å²) in [6, 6.07) is 18.3. The zero-order valence-corrected chi connectivity index (χ0v) is 13.8. The topological polar surface area (TPSA) is 9.23 Å². The predicted octanol–water partition coefficient (Wildman–Crippen LogP) is -0.309. The van der Waals surface area contributed by atoms with Crippen LogP contribution < -0.4 is 42.5 Å². The zero-order chi connectivity index (χ0) is 13.5. The Bertz CT molecular complexity index is 492. The van der Waals surface area contributed by atoms with E-state index in [2.05, 4.69) is 38.1 Å². The molecule has 0 aromatic heterocycles. The largest absolute Gasteiger partial charge is 1.00 e. The monoisotopic (exact) mass is 270 g/mol. The molecule has 0 aliphatic carbocycles. The molecule has 1 nitrogen and oxygen atoms in total. The van der Waals surface area contributed by atoms with E-state index in [9.17, 15) is 0 Å². The molecule has 2 aromatic carbocycles. The normalized spacial score (nSPS) is 11.0. The summed E-state index contributed by atoms with van der Waals surface area (Å²) in [5, 5.41) is 0. The van der Waals surface area contributed by atoms with Crippen molar-refractivity contribution in [1.82, 2.24) is 0 Å². The van der Waals surface area contributed by atoms with Crippen LogP contribution >= 0.6 is 0 Å². The molecule has 0 heterocycles. The summed E-state index contributed by atoms with van der Waals surface area (Å²) < 4.78 is 5.78. The molecule has 0 fully saturated rings. The third-order valence-corrected chi connectivity index (χ3v) is 3.52. The molecule has 21 heavy (non-hydrogen) atoms. The summed E-state index contributed by atoms with van der Waals surface area (Å²) in [6.07, 6.45) is 3.67. The van der Waals surface area contributed by atoms with Crippen molar-refractivity contribution >= 4 is 0 Å². The van der Waals surface area contributed by atoms with Gasteiger partial charge in [0.25, 0.3) is 0 Å². The van der Waals surface area contributed by atoms with Crippen LogP contribution in [0.5, 0.6) is 11.5 Å². The minimum atomic E-state index is 0. The molecule has 0 amide bonds. The van der Waals surface area contributed by atoms with Gasteiger partial charge in [-0.25, -0.2) is 0 Å². The van der Waals surface area contributed by atoms with E-state index in [0.29, 0.717) is 0 Å². The van der Waals surface area contributed by atoms with Crippen LogP contribution in [0.1, 0.15) is 35.1 Å². The second-order valence-corrected chi connectivity index (χ2v) is 5.11. The first-order valence-corrected chi connectivity index (χ1v) is 7.09. The number of hydrogen-bond donors (Lipinski definition) is 0. The second-order valence-electron chi connectivity index (χ2n) is 5.11. The third kappa shape index (κ3) is 7.31. The smallest absolute Gasteiger partial charge is 1.00 e. The Kier molecular flexibility index (Phi) is 10.8. The minimum absolute atomic E-state index is 0. The van der Waals surface area contributed by atoms with Gasteiger partial charge in [0.05, 0.1) is 0 Å². The summed E-state index contributed by atoms with van der Waals surface area (Å²) in [7, 11) is 0. The zero-order valence-electron chi connectivity index (χ0n) is 15.8. The van der Waals surface area contributed by atoms with Gasteiger partial charge in [0.2, 0.25) is 0 Å². The van der Waals surface area contributed by atoms with Crippen molar-refractivity contribution in [3.63, 3.8) is 0 Å². The van der Waals surface area contributed by atoms with E-state index in [1.54, 1.807) is 0 Å². The molecule has 0 aliphatic heterocycles. The van der Waals surface area contributed by atoms with Crippen LogP contribution in [0.25, 0.3) is 0 Å². The Labute approximate surface area is 155 Å². The van der Waals surface area contributed by atoms with Crippen molar-refractivity contribution < 1.29 is 45.3 Å². The summed E-state index contributed by atoms with van der Waals surface area (Å²) in [5.41, 5.74) is 1.39. The first-order valence-electron chi connectivity index (χ1n) is 7.09. The number of ether oxygens (including phenoxy) is 1. The summed E-state index contributed by atoms with van der Waals surface area (Å²) >= 11 is 0. The first-order chi connectivity index (χ1) is 9.28. The van der Waals surface area contributed by atoms with Gasteiger partial charge in [-0.2, -0.15) is 0 Å². The fraction of sp³-hybridized carbons (Fsp3) is 0.333. The molecule has 0 aliphatic rings. The molecule has 0 N–H and O–H groups in total. The molecule has 0 radical (unpaired) electrons. The average Bonchev–Trinajstić information content (AvgIpc) is 2.47. The molecule has 0 saturated heterocycles. The Morgan fingerprint density at radius 1 is 0.905 bits per heavy atom. The fourth-order valence-corrected chi connectivity index (χ4v) is 1.97. The van der Waals surface area contributed by atoms with Gasteiger partial charge in [0.1, 0.15) is 11.5 Å². The van der Waals surface area contributed by atoms with Gasteiger partial charge in [0.15, 0.2) is 0 Å². The van der Waals surface area contributed by atoms with Crippen molar-refractivity contribution in [3.8, 4) is 11.5 Å². The standard InChI is InChI=1S/C18H22O.2Li.2H/c1-3-15(2)9-10-16-11-13-18(14-12-16)19-17-7-5-4-6-8-17;;;;/h4-8,11-15H,3,9-10H2,1-2H3;;;;/q;2*+1;2*-1. The minimum Gasteiger partial charge on any atom is -1.00 e. The number of para-hydroxylation sites is 1. The second kappa shape index (κ2) is 11.1. The maximum atomic E-state index is 5.78. The Morgan fingerprint density at radius 2 is 1.48 bits per heavy atom. The number of benzene rings is 2. The van der Waals surface area contributed by atoms with Crippen molar-refractivity contribution in [1.29, 1.82) is 0 Å². The van der Waals surface area contributed by atoms with Crippen molar-refractivity contribution in [2.45, 2.75) is 33.1 Å². The van der Waals surface area contributed by atoms with Gasteiger partial charge in [-0.15, -0.1) is 0 Å². The maximum absolute atomic E-state index is 5.78. The Balaban J connectivity index is -0.000001000. The van der Waals surface area contributed by atoms with Gasteiger partial charge in [-0.1, -0.05) is 50.6 Å². The quantitative estimate of drug-likeness (QED) is 0.654. The Morgan fingerprint density at radius 3 is 2.05 bits per heavy atom. The molecule has 1 atom stereocenters. The van der Waals surface area contributed by atoms with Gasteiger partial charge in [-0.05, 0) is 48.6 Å². The van der Waals surface area contributed by atoms with Crippen LogP contribution in [0.2, 0.25) is 0 Å². The van der Waals surface area contributed by atoms with Gasteiger partial charge in [-0.3, -0.25) is 0 Å². The molecule has 104 valence electrons. The predicted molar refractivity (Wildman–Crippen MR) is 83.0 cm³/mol. The van der Waals surface area contributed by atoms with E-state index in [1.807, 2.05) is 30.3 Å². The van der Waals surface area contributed by atoms with Crippen LogP contribution in [0, 0.1) is 5.92 Å². The summed E-state index contributed by atoms with van der Waals surface area (Å²) in [4.78, 5) is 0. The van der Waals surface area contributed by atoms with Gasteiger partial charge >= 0.3 is 37.7 Å². The van der Waals surface area contributed by atoms with E-state index < -0.39 is 0 Å². The maximum Gasteiger partial charge on any atom is 1.00 e. The molecular formula is C18H24Li2O. The van der Waals surface area contributed by atoms with E-state index in [1.165, 1.54) is 18.4 Å². The van der Waals surface area contributed by atoms with Crippen LogP contribution in [-0.4, -0.2) is 0 Å². The molecule has 1 unspecified atom stereocenters. The molecule has 0 saturated carbocycles. The Hall–Kier alpha value is -0.565. The van der Waals surface area contributed by atoms with Gasteiger partial charge < -0.3 is 7.59 Å². The molecule has 0 spiro atoms. The number of hydrogen-bond acceptors (Lipinski definition) is 1. The van der Waals surface area contributed by atoms with E-state index >= 15 is 0 Å². The van der Waals surface area contributed by atoms with Crippen molar-refractivity contribution in [3.05, 3.63) is 60.2 Å². The molecule has 2 rings (SSSR count). The van der Waals surface area contributed by atoms with Crippen LogP contribution in [-0.2, 0) is 6.42 Å². The van der Waals surface area contributed by atoms with Crippen LogP contribution in [0.4, 0.5) is 0 Å². The average molecular weight is 270 g/mol. The first kappa shape index (κ1) is 20.4. The SMILES string of the molecule is CCC(C)CCc1ccc(Oc2ccccc2)cc1.[H-].[H-].[Li+].[Li+]. The summed E-state index contributed by atoms with van der Waals surface area (Å²) in [6.45, 7) is 4.56. The van der Waals surface area contributed by atoms with E-state index in [4.69, 9.17) is 4.74 Å². The number of aryl methyl sites for hydroxylation is 1. The van der Waals surface area contributed by atoms with Crippen LogP contribution in [0.3, 0.4) is 0 Å². The van der Waals surface area contributed by atoms with Crippen LogP contribution in [0.15, 0.2) is 54.6 Å². The molecule has 2 aromatic rings. The van der Waals surface area contributed by atoms with E-state index in [-0.39, 0.29) is 40.6 Å². The summed E-state index contributed by atoms with van der Waals surface area (Å²) in [5.74, 6) is 2.59. The van der Waals surface area contributed by atoms with Gasteiger partial charge in [0, 0.05) is 0 Å². The van der Waals surface area contributed by atoms with E-state index in [0.717, 1.165) is 23.8 Å².